The molecular weight excluding hydrogens is 364 g/mol. The molecule has 0 aliphatic carbocycles. The molecule has 0 spiro atoms. The molecule has 104 valence electrons. The van der Waals surface area contributed by atoms with E-state index in [-0.39, 0.29) is 4.21 Å². The van der Waals surface area contributed by atoms with Crippen LogP contribution in [-0.4, -0.2) is 15.5 Å². The molecule has 0 bridgehead atoms. The summed E-state index contributed by atoms with van der Waals surface area (Å²) in [4.78, 5) is 0.339. The van der Waals surface area contributed by atoms with Gasteiger partial charge >= 0.3 is 0 Å². The number of sulfonamides is 1. The van der Waals surface area contributed by atoms with Crippen molar-refractivity contribution in [1.29, 1.82) is 5.26 Å². The van der Waals surface area contributed by atoms with Crippen LogP contribution in [0.4, 0.5) is 5.69 Å². The Balaban J connectivity index is 2.38. The van der Waals surface area contributed by atoms with E-state index in [9.17, 15) is 8.42 Å². The third-order valence-electron chi connectivity index (χ3n) is 2.36. The predicted molar refractivity (Wildman–Crippen MR) is 80.5 cm³/mol. The van der Waals surface area contributed by atoms with Crippen LogP contribution < -0.4 is 9.46 Å². The number of rotatable bonds is 4. The summed E-state index contributed by atoms with van der Waals surface area (Å²) >= 11 is 4.19. The van der Waals surface area contributed by atoms with E-state index in [2.05, 4.69) is 20.7 Å². The van der Waals surface area contributed by atoms with Crippen LogP contribution in [0.15, 0.2) is 39.0 Å². The Labute approximate surface area is 129 Å². The van der Waals surface area contributed by atoms with Crippen LogP contribution in [-0.2, 0) is 10.0 Å². The Morgan fingerprint density at radius 1 is 1.35 bits per heavy atom. The van der Waals surface area contributed by atoms with Crippen molar-refractivity contribution in [3.8, 4) is 11.8 Å². The highest BCUT2D eigenvalue weighted by Crippen LogP contribution is 2.31. The smallest absolute Gasteiger partial charge is 0.271 e. The number of methoxy groups -OCH3 is 1. The van der Waals surface area contributed by atoms with Crippen molar-refractivity contribution in [3.05, 3.63) is 39.7 Å². The van der Waals surface area contributed by atoms with E-state index in [1.807, 2.05) is 6.07 Å². The van der Waals surface area contributed by atoms with Crippen LogP contribution in [0.25, 0.3) is 0 Å². The topological polar surface area (TPSA) is 79.2 Å². The fraction of sp³-hybridized carbons (Fsp3) is 0.0833. The molecule has 1 aromatic heterocycles. The Kier molecular flexibility index (Phi) is 4.32. The SMILES string of the molecule is COc1ccc(Br)cc1NS(=O)(=O)c1ccc(C#N)s1. The summed E-state index contributed by atoms with van der Waals surface area (Å²) in [6, 6.07) is 9.78. The van der Waals surface area contributed by atoms with E-state index in [1.54, 1.807) is 18.2 Å². The zero-order valence-corrected chi connectivity index (χ0v) is 13.5. The lowest BCUT2D eigenvalue weighted by atomic mass is 10.3. The van der Waals surface area contributed by atoms with Crippen molar-refractivity contribution in [1.82, 2.24) is 0 Å². The van der Waals surface area contributed by atoms with E-state index >= 15 is 0 Å². The molecule has 5 nitrogen and oxygen atoms in total. The molecule has 0 saturated carbocycles. The van der Waals surface area contributed by atoms with Gasteiger partial charge in [0, 0.05) is 4.47 Å². The Morgan fingerprint density at radius 3 is 2.70 bits per heavy atom. The van der Waals surface area contributed by atoms with Gasteiger partial charge in [-0.05, 0) is 30.3 Å². The summed E-state index contributed by atoms with van der Waals surface area (Å²) in [6.45, 7) is 0. The molecule has 0 unspecified atom stereocenters. The number of ether oxygens (including phenoxy) is 1. The molecule has 0 fully saturated rings. The summed E-state index contributed by atoms with van der Waals surface area (Å²) in [7, 11) is -2.28. The first-order chi connectivity index (χ1) is 9.46. The van der Waals surface area contributed by atoms with Crippen molar-refractivity contribution < 1.29 is 13.2 Å². The molecular formula is C12H9BrN2O3S2. The first kappa shape index (κ1) is 14.8. The van der Waals surface area contributed by atoms with Gasteiger partial charge in [-0.25, -0.2) is 8.42 Å². The molecule has 20 heavy (non-hydrogen) atoms. The molecule has 1 heterocycles. The molecule has 8 heteroatoms. The first-order valence-corrected chi connectivity index (χ1v) is 8.42. The highest BCUT2D eigenvalue weighted by molar-refractivity contribution is 9.10. The van der Waals surface area contributed by atoms with Crippen molar-refractivity contribution in [2.45, 2.75) is 4.21 Å². The zero-order chi connectivity index (χ0) is 14.8. The van der Waals surface area contributed by atoms with Gasteiger partial charge in [0.05, 0.1) is 12.8 Å². The molecule has 2 aromatic rings. The third kappa shape index (κ3) is 3.12. The molecule has 0 saturated heterocycles. The monoisotopic (exact) mass is 372 g/mol. The number of nitrogens with zero attached hydrogens (tertiary/aromatic N) is 1. The van der Waals surface area contributed by atoms with Crippen LogP contribution in [0.1, 0.15) is 4.88 Å². The van der Waals surface area contributed by atoms with Crippen molar-refractivity contribution >= 4 is 43.0 Å². The molecule has 0 aliphatic heterocycles. The fourth-order valence-corrected chi connectivity index (χ4v) is 4.01. The maximum absolute atomic E-state index is 12.2. The maximum Gasteiger partial charge on any atom is 0.271 e. The summed E-state index contributed by atoms with van der Waals surface area (Å²) < 4.78 is 32.8. The number of halogens is 1. The Bertz CT molecular complexity index is 778. The quantitative estimate of drug-likeness (QED) is 0.893. The van der Waals surface area contributed by atoms with Crippen LogP contribution in [0.5, 0.6) is 5.75 Å². The van der Waals surface area contributed by atoms with Crippen LogP contribution in [0.2, 0.25) is 0 Å². The van der Waals surface area contributed by atoms with Gasteiger partial charge in [-0.15, -0.1) is 11.3 Å². The molecule has 0 aliphatic rings. The number of nitriles is 1. The maximum atomic E-state index is 12.2. The number of hydrogen-bond acceptors (Lipinski definition) is 5. The van der Waals surface area contributed by atoms with E-state index in [1.165, 1.54) is 19.2 Å². The zero-order valence-electron chi connectivity index (χ0n) is 10.3. The van der Waals surface area contributed by atoms with Crippen molar-refractivity contribution in [2.24, 2.45) is 0 Å². The van der Waals surface area contributed by atoms with E-state index in [0.29, 0.717) is 16.3 Å². The molecule has 0 atom stereocenters. The lowest BCUT2D eigenvalue weighted by Gasteiger charge is -2.11. The number of anilines is 1. The number of benzene rings is 1. The first-order valence-electron chi connectivity index (χ1n) is 5.32. The number of thiophene rings is 1. The highest BCUT2D eigenvalue weighted by atomic mass is 79.9. The Hall–Kier alpha value is -1.56. The van der Waals surface area contributed by atoms with Gasteiger partial charge in [-0.2, -0.15) is 5.26 Å². The normalized spacial score (nSPS) is 10.8. The predicted octanol–water partition coefficient (Wildman–Crippen LogP) is 3.19. The molecule has 1 aromatic carbocycles. The second-order valence-corrected chi connectivity index (χ2v) is 7.59. The molecule has 2 rings (SSSR count). The molecule has 0 amide bonds. The van der Waals surface area contributed by atoms with E-state index in [0.717, 1.165) is 15.8 Å². The van der Waals surface area contributed by atoms with Crippen molar-refractivity contribution in [2.75, 3.05) is 11.8 Å². The summed E-state index contributed by atoms with van der Waals surface area (Å²) in [5, 5.41) is 8.74. The van der Waals surface area contributed by atoms with E-state index < -0.39 is 10.0 Å². The van der Waals surface area contributed by atoms with Gasteiger partial charge in [0.1, 0.15) is 20.9 Å². The second-order valence-electron chi connectivity index (χ2n) is 3.68. The van der Waals surface area contributed by atoms with Gasteiger partial charge in [-0.3, -0.25) is 4.72 Å². The van der Waals surface area contributed by atoms with Gasteiger partial charge < -0.3 is 4.74 Å². The van der Waals surface area contributed by atoms with Gasteiger partial charge in [0.15, 0.2) is 0 Å². The number of hydrogen-bond donors (Lipinski definition) is 1. The minimum atomic E-state index is -3.74. The average Bonchev–Trinajstić information content (AvgIpc) is 2.88. The second kappa shape index (κ2) is 5.83. The van der Waals surface area contributed by atoms with Crippen LogP contribution in [0.3, 0.4) is 0 Å². The minimum Gasteiger partial charge on any atom is -0.495 e. The van der Waals surface area contributed by atoms with E-state index in [4.69, 9.17) is 10.00 Å². The largest absolute Gasteiger partial charge is 0.495 e. The molecule has 0 radical (unpaired) electrons. The lowest BCUT2D eigenvalue weighted by molar-refractivity contribution is 0.417. The van der Waals surface area contributed by atoms with Crippen LogP contribution in [0, 0.1) is 11.3 Å². The number of nitrogens with one attached hydrogen (secondary N) is 1. The summed E-state index contributed by atoms with van der Waals surface area (Å²) in [5.41, 5.74) is 0.328. The summed E-state index contributed by atoms with van der Waals surface area (Å²) in [5.74, 6) is 0.411. The fourth-order valence-electron chi connectivity index (χ4n) is 1.48. The Morgan fingerprint density at radius 2 is 2.10 bits per heavy atom. The van der Waals surface area contributed by atoms with Gasteiger partial charge in [0.2, 0.25) is 0 Å². The minimum absolute atomic E-state index is 0.0797. The van der Waals surface area contributed by atoms with Gasteiger partial charge in [-0.1, -0.05) is 15.9 Å². The standard InChI is InChI=1S/C12H9BrN2O3S2/c1-18-11-4-2-8(13)6-10(11)15-20(16,17)12-5-3-9(7-14)19-12/h2-6,15H,1H3. The highest BCUT2D eigenvalue weighted by Gasteiger charge is 2.19. The summed E-state index contributed by atoms with van der Waals surface area (Å²) in [6.07, 6.45) is 0. The lowest BCUT2D eigenvalue weighted by Crippen LogP contribution is -2.12. The average molecular weight is 373 g/mol. The molecule has 1 N–H and O–H groups in total. The van der Waals surface area contributed by atoms with Gasteiger partial charge in [0.25, 0.3) is 10.0 Å². The van der Waals surface area contributed by atoms with Crippen LogP contribution >= 0.6 is 27.3 Å². The third-order valence-corrected chi connectivity index (χ3v) is 5.70. The van der Waals surface area contributed by atoms with Crippen molar-refractivity contribution in [3.63, 3.8) is 0 Å².